The monoisotopic (exact) mass is 396 g/mol. The van der Waals surface area contributed by atoms with Crippen molar-refractivity contribution in [2.75, 3.05) is 18.5 Å². The van der Waals surface area contributed by atoms with Crippen molar-refractivity contribution >= 4 is 23.5 Å². The first-order valence-electron chi connectivity index (χ1n) is 8.25. The van der Waals surface area contributed by atoms with Crippen LogP contribution in [0.4, 0.5) is 18.9 Å². The highest BCUT2D eigenvalue weighted by Crippen LogP contribution is 2.22. The summed E-state index contributed by atoms with van der Waals surface area (Å²) in [4.78, 5) is 37.2. The maximum absolute atomic E-state index is 13.5. The van der Waals surface area contributed by atoms with Crippen LogP contribution in [-0.2, 0) is 25.7 Å². The number of rotatable bonds is 6. The Morgan fingerprint density at radius 3 is 2.71 bits per heavy atom. The van der Waals surface area contributed by atoms with E-state index in [4.69, 9.17) is 9.15 Å². The Balaban J connectivity index is 1.49. The van der Waals surface area contributed by atoms with Crippen LogP contribution in [0.1, 0.15) is 12.2 Å². The molecule has 0 radical (unpaired) electrons. The molecule has 0 spiro atoms. The lowest BCUT2D eigenvalue weighted by atomic mass is 10.1. The molecule has 0 bridgehead atoms. The van der Waals surface area contributed by atoms with Crippen LogP contribution < -0.4 is 5.32 Å². The van der Waals surface area contributed by atoms with Gasteiger partial charge in [-0.15, -0.1) is 0 Å². The Kier molecular flexibility index (Phi) is 5.67. The number of hydrogen-bond donors (Lipinski definition) is 1. The molecule has 148 valence electrons. The Labute approximate surface area is 157 Å². The SMILES string of the molecule is O=C(COC(=O)[C@@H]1CC(=O)N(Cc2ccco2)C1)Nc1ccc(F)c(F)c1F. The molecule has 0 unspecified atom stereocenters. The van der Waals surface area contributed by atoms with Gasteiger partial charge in [0.05, 0.1) is 24.4 Å². The van der Waals surface area contributed by atoms with Crippen molar-refractivity contribution in [2.24, 2.45) is 5.92 Å². The Bertz CT molecular complexity index is 901. The quantitative estimate of drug-likeness (QED) is 0.598. The predicted molar refractivity (Wildman–Crippen MR) is 88.1 cm³/mol. The lowest BCUT2D eigenvalue weighted by Crippen LogP contribution is -2.28. The Morgan fingerprint density at radius 1 is 1.21 bits per heavy atom. The predicted octanol–water partition coefficient (Wildman–Crippen LogP) is 2.23. The van der Waals surface area contributed by atoms with E-state index in [2.05, 4.69) is 0 Å². The van der Waals surface area contributed by atoms with Crippen LogP contribution in [0.25, 0.3) is 0 Å². The van der Waals surface area contributed by atoms with Gasteiger partial charge in [-0.1, -0.05) is 0 Å². The van der Waals surface area contributed by atoms with Crippen molar-refractivity contribution in [3.63, 3.8) is 0 Å². The normalized spacial score (nSPS) is 16.3. The molecule has 2 aromatic rings. The number of amides is 2. The number of nitrogens with zero attached hydrogens (tertiary/aromatic N) is 1. The van der Waals surface area contributed by atoms with Gasteiger partial charge in [0, 0.05) is 13.0 Å². The fraction of sp³-hybridized carbons (Fsp3) is 0.278. The van der Waals surface area contributed by atoms with Gasteiger partial charge in [0.2, 0.25) is 5.91 Å². The molecular formula is C18H15F3N2O5. The van der Waals surface area contributed by atoms with E-state index in [0.29, 0.717) is 11.8 Å². The van der Waals surface area contributed by atoms with E-state index in [1.165, 1.54) is 11.2 Å². The molecule has 7 nitrogen and oxygen atoms in total. The average molecular weight is 396 g/mol. The van der Waals surface area contributed by atoms with E-state index in [1.807, 2.05) is 5.32 Å². The van der Waals surface area contributed by atoms with E-state index < -0.39 is 47.5 Å². The van der Waals surface area contributed by atoms with E-state index in [1.54, 1.807) is 12.1 Å². The number of furan rings is 1. The summed E-state index contributed by atoms with van der Waals surface area (Å²) in [5.41, 5.74) is -0.583. The molecule has 10 heteroatoms. The zero-order chi connectivity index (χ0) is 20.3. The first kappa shape index (κ1) is 19.5. The summed E-state index contributed by atoms with van der Waals surface area (Å²) in [6, 6.07) is 4.87. The van der Waals surface area contributed by atoms with Gasteiger partial charge in [0.15, 0.2) is 24.1 Å². The topological polar surface area (TPSA) is 88.9 Å². The number of carbonyl (C=O) groups is 3. The minimum absolute atomic E-state index is 0.0705. The second-order valence-corrected chi connectivity index (χ2v) is 6.13. The molecule has 0 saturated carbocycles. The summed E-state index contributed by atoms with van der Waals surface area (Å²) in [7, 11) is 0. The largest absolute Gasteiger partial charge is 0.467 e. The van der Waals surface area contributed by atoms with Gasteiger partial charge in [0.1, 0.15) is 5.76 Å². The number of halogens is 3. The number of hydrogen-bond acceptors (Lipinski definition) is 5. The molecule has 1 aliphatic heterocycles. The highest BCUT2D eigenvalue weighted by Gasteiger charge is 2.36. The highest BCUT2D eigenvalue weighted by atomic mass is 19.2. The van der Waals surface area contributed by atoms with Crippen molar-refractivity contribution < 1.29 is 36.7 Å². The van der Waals surface area contributed by atoms with Crippen molar-refractivity contribution in [1.29, 1.82) is 0 Å². The lowest BCUT2D eigenvalue weighted by Gasteiger charge is -2.14. The van der Waals surface area contributed by atoms with Gasteiger partial charge in [-0.3, -0.25) is 14.4 Å². The fourth-order valence-electron chi connectivity index (χ4n) is 2.74. The maximum atomic E-state index is 13.5. The Morgan fingerprint density at radius 2 is 2.00 bits per heavy atom. The first-order chi connectivity index (χ1) is 13.3. The third-order valence-corrected chi connectivity index (χ3v) is 4.13. The second kappa shape index (κ2) is 8.15. The van der Waals surface area contributed by atoms with Crippen LogP contribution >= 0.6 is 0 Å². The van der Waals surface area contributed by atoms with Gasteiger partial charge in [0.25, 0.3) is 5.91 Å². The summed E-state index contributed by atoms with van der Waals surface area (Å²) in [6.45, 7) is -0.441. The summed E-state index contributed by atoms with van der Waals surface area (Å²) < 4.78 is 49.5. The molecule has 2 amide bonds. The molecule has 1 aromatic carbocycles. The number of carbonyl (C=O) groups excluding carboxylic acids is 3. The molecule has 28 heavy (non-hydrogen) atoms. The smallest absolute Gasteiger partial charge is 0.311 e. The lowest BCUT2D eigenvalue weighted by molar-refractivity contribution is -0.151. The van der Waals surface area contributed by atoms with Crippen molar-refractivity contribution in [1.82, 2.24) is 4.90 Å². The zero-order valence-corrected chi connectivity index (χ0v) is 14.4. The molecule has 1 aromatic heterocycles. The molecule has 3 rings (SSSR count). The standard InChI is InChI=1S/C18H15F3N2O5/c19-12-3-4-13(17(21)16(12)20)22-14(24)9-28-18(26)10-6-15(25)23(7-10)8-11-2-1-5-27-11/h1-5,10H,6-9H2,(H,22,24)/t10-/m1/s1. The number of anilines is 1. The van der Waals surface area contributed by atoms with Crippen molar-refractivity contribution in [2.45, 2.75) is 13.0 Å². The Hall–Kier alpha value is -3.30. The fourth-order valence-corrected chi connectivity index (χ4v) is 2.74. The summed E-state index contributed by atoms with van der Waals surface area (Å²) >= 11 is 0. The van der Waals surface area contributed by atoms with Crippen LogP contribution in [0.3, 0.4) is 0 Å². The number of likely N-dealkylation sites (tertiary alicyclic amines) is 1. The molecule has 1 atom stereocenters. The summed E-state index contributed by atoms with van der Waals surface area (Å²) in [6.07, 6.45) is 1.40. The van der Waals surface area contributed by atoms with Gasteiger partial charge in [-0.2, -0.15) is 0 Å². The molecular weight excluding hydrogens is 381 g/mol. The maximum Gasteiger partial charge on any atom is 0.311 e. The number of esters is 1. The van der Waals surface area contributed by atoms with Crippen molar-refractivity contribution in [3.8, 4) is 0 Å². The van der Waals surface area contributed by atoms with Gasteiger partial charge in [-0.25, -0.2) is 13.2 Å². The highest BCUT2D eigenvalue weighted by molar-refractivity contribution is 5.93. The number of ether oxygens (including phenoxy) is 1. The van der Waals surface area contributed by atoms with Crippen molar-refractivity contribution in [3.05, 3.63) is 53.7 Å². The first-order valence-corrected chi connectivity index (χ1v) is 8.25. The number of benzene rings is 1. The van der Waals surface area contributed by atoms with Crippen LogP contribution in [0.15, 0.2) is 34.9 Å². The molecule has 2 heterocycles. The van der Waals surface area contributed by atoms with Gasteiger partial charge < -0.3 is 19.4 Å². The average Bonchev–Trinajstić information content (AvgIpc) is 3.31. The number of nitrogens with one attached hydrogen (secondary N) is 1. The molecule has 1 N–H and O–H groups in total. The van der Waals surface area contributed by atoms with E-state index in [0.717, 1.165) is 6.07 Å². The molecule has 0 aliphatic carbocycles. The van der Waals surface area contributed by atoms with E-state index in [-0.39, 0.29) is 25.4 Å². The van der Waals surface area contributed by atoms with Crippen LogP contribution in [-0.4, -0.2) is 35.8 Å². The molecule has 1 aliphatic rings. The summed E-state index contributed by atoms with van der Waals surface area (Å²) in [5, 5.41) is 1.98. The zero-order valence-electron chi connectivity index (χ0n) is 14.4. The third-order valence-electron chi connectivity index (χ3n) is 4.13. The van der Waals surface area contributed by atoms with Crippen LogP contribution in [0.5, 0.6) is 0 Å². The van der Waals surface area contributed by atoms with Crippen LogP contribution in [0.2, 0.25) is 0 Å². The van der Waals surface area contributed by atoms with Crippen LogP contribution in [0, 0.1) is 23.4 Å². The minimum atomic E-state index is -1.73. The minimum Gasteiger partial charge on any atom is -0.467 e. The van der Waals surface area contributed by atoms with E-state index in [9.17, 15) is 27.6 Å². The molecule has 1 saturated heterocycles. The van der Waals surface area contributed by atoms with E-state index >= 15 is 0 Å². The summed E-state index contributed by atoms with van der Waals surface area (Å²) in [5.74, 6) is -6.83. The third kappa shape index (κ3) is 4.33. The second-order valence-electron chi connectivity index (χ2n) is 6.13. The van der Waals surface area contributed by atoms with Gasteiger partial charge in [-0.05, 0) is 24.3 Å². The molecule has 1 fully saturated rings. The van der Waals surface area contributed by atoms with Gasteiger partial charge >= 0.3 is 5.97 Å².